The van der Waals surface area contributed by atoms with Gasteiger partial charge < -0.3 is 9.13 Å². The molecule has 0 aliphatic carbocycles. The minimum atomic E-state index is 1.14. The third-order valence-corrected chi connectivity index (χ3v) is 7.71. The first kappa shape index (κ1) is 25.2. The quantitative estimate of drug-likeness (QED) is 0.187. The Kier molecular flexibility index (Phi) is 6.67. The first-order valence-corrected chi connectivity index (χ1v) is 13.6. The van der Waals surface area contributed by atoms with Gasteiger partial charge in [0.2, 0.25) is 0 Å². The summed E-state index contributed by atoms with van der Waals surface area (Å²) in [5.41, 5.74) is 11.9. The van der Waals surface area contributed by atoms with Crippen LogP contribution < -0.4 is 0 Å². The van der Waals surface area contributed by atoms with E-state index in [1.807, 2.05) is 24.3 Å². The number of hydrogen-bond acceptors (Lipinski definition) is 0. The second-order valence-electron chi connectivity index (χ2n) is 10.0. The Hall–Kier alpha value is -5.08. The molecule has 0 saturated carbocycles. The van der Waals surface area contributed by atoms with Gasteiger partial charge in [0.25, 0.3) is 0 Å². The van der Waals surface area contributed by atoms with Crippen molar-refractivity contribution in [2.24, 2.45) is 0 Å². The maximum atomic E-state index is 3.86. The minimum Gasteiger partial charge on any atom is -0.310 e. The van der Waals surface area contributed by atoms with Gasteiger partial charge in [-0.25, -0.2) is 0 Å². The van der Waals surface area contributed by atoms with E-state index in [0.29, 0.717) is 0 Å². The molecule has 2 heterocycles. The van der Waals surface area contributed by atoms with E-state index in [1.54, 1.807) is 0 Å². The highest BCUT2D eigenvalue weighted by atomic mass is 15.0. The predicted molar refractivity (Wildman–Crippen MR) is 173 cm³/mol. The van der Waals surface area contributed by atoms with Crippen molar-refractivity contribution in [1.82, 2.24) is 9.13 Å². The number of aromatic nitrogens is 2. The van der Waals surface area contributed by atoms with E-state index in [4.69, 9.17) is 0 Å². The Morgan fingerprint density at radius 2 is 0.875 bits per heavy atom. The molecule has 0 bridgehead atoms. The first-order chi connectivity index (χ1) is 19.6. The van der Waals surface area contributed by atoms with E-state index in [-0.39, 0.29) is 0 Å². The van der Waals surface area contributed by atoms with Crippen molar-refractivity contribution in [3.05, 3.63) is 157 Å². The van der Waals surface area contributed by atoms with Gasteiger partial charge in [0.15, 0.2) is 0 Å². The van der Waals surface area contributed by atoms with Gasteiger partial charge >= 0.3 is 0 Å². The molecular weight excluding hydrogens is 484 g/mol. The lowest BCUT2D eigenvalue weighted by Crippen LogP contribution is -1.98. The maximum Gasteiger partial charge on any atom is 0.0537 e. The predicted octanol–water partition coefficient (Wildman–Crippen LogP) is 10.3. The van der Waals surface area contributed by atoms with E-state index in [0.717, 1.165) is 11.4 Å². The number of hydrogen-bond donors (Lipinski definition) is 0. The largest absolute Gasteiger partial charge is 0.310 e. The van der Waals surface area contributed by atoms with Crippen LogP contribution in [0.2, 0.25) is 0 Å². The number of rotatable bonds is 7. The molecule has 6 rings (SSSR count). The normalized spacial score (nSPS) is 11.8. The van der Waals surface area contributed by atoms with E-state index in [9.17, 15) is 0 Å². The van der Waals surface area contributed by atoms with Crippen molar-refractivity contribution in [3.63, 3.8) is 0 Å². The molecule has 0 atom stereocenters. The summed E-state index contributed by atoms with van der Waals surface area (Å²) < 4.78 is 4.66. The summed E-state index contributed by atoms with van der Waals surface area (Å²) in [7, 11) is 0. The highest BCUT2D eigenvalue weighted by molar-refractivity contribution is 5.91. The van der Waals surface area contributed by atoms with Crippen LogP contribution in [0.4, 0.5) is 0 Å². The lowest BCUT2D eigenvalue weighted by atomic mass is 10.0. The van der Waals surface area contributed by atoms with Crippen LogP contribution in [0.3, 0.4) is 0 Å². The highest BCUT2D eigenvalue weighted by Gasteiger charge is 2.15. The van der Waals surface area contributed by atoms with Gasteiger partial charge in [0, 0.05) is 33.5 Å². The molecule has 2 heteroatoms. The standard InChI is InChI=1S/C38H32N2/c1-5-7-15-35-27(3)33-13-9-11-17-37(33)39(35)31-23-19-29(20-24-31)30-21-25-32(26-22-30)40-36(16-8-6-2)28(4)34-14-10-12-18-38(34)40/h5-26H,1-2H2,3-4H3/b15-7-,16-8-. The maximum absolute atomic E-state index is 3.86. The molecule has 4 aromatic carbocycles. The molecule has 0 aliphatic heterocycles. The number of aryl methyl sites for hydroxylation is 2. The van der Waals surface area contributed by atoms with Crippen LogP contribution in [0.15, 0.2) is 135 Å². The number of nitrogens with zero attached hydrogens (tertiary/aromatic N) is 2. The average Bonchev–Trinajstić information content (AvgIpc) is 3.45. The van der Waals surface area contributed by atoms with Crippen molar-refractivity contribution in [1.29, 1.82) is 0 Å². The van der Waals surface area contributed by atoms with E-state index in [1.165, 1.54) is 55.4 Å². The molecule has 0 aliphatic rings. The molecule has 0 fully saturated rings. The Morgan fingerprint density at radius 1 is 0.500 bits per heavy atom. The third kappa shape index (κ3) is 4.24. The van der Waals surface area contributed by atoms with Crippen molar-refractivity contribution in [2.75, 3.05) is 0 Å². The molecule has 0 spiro atoms. The lowest BCUT2D eigenvalue weighted by molar-refractivity contribution is 1.09. The number of fused-ring (bicyclic) bond motifs is 2. The van der Waals surface area contributed by atoms with Crippen LogP contribution in [0.1, 0.15) is 22.5 Å². The SMILES string of the molecule is C=C/C=C\c1c(C)c2ccccc2n1-c1ccc(-c2ccc(-n3c(/C=C\C=C)c(C)c4ccccc43)cc2)cc1. The Balaban J connectivity index is 1.38. The van der Waals surface area contributed by atoms with Crippen molar-refractivity contribution in [2.45, 2.75) is 13.8 Å². The first-order valence-electron chi connectivity index (χ1n) is 13.6. The molecule has 6 aromatic rings. The minimum absolute atomic E-state index is 1.14. The Morgan fingerprint density at radius 3 is 1.25 bits per heavy atom. The summed E-state index contributed by atoms with van der Waals surface area (Å²) in [4.78, 5) is 0. The second kappa shape index (κ2) is 10.6. The molecule has 0 radical (unpaired) electrons. The number of benzene rings is 4. The van der Waals surface area contributed by atoms with Gasteiger partial charge in [-0.05, 0) is 84.7 Å². The number of allylic oxidation sites excluding steroid dienone is 4. The lowest BCUT2D eigenvalue weighted by Gasteiger charge is -2.12. The summed E-state index contributed by atoms with van der Waals surface area (Å²) in [6.45, 7) is 12.1. The second-order valence-corrected chi connectivity index (χ2v) is 10.0. The van der Waals surface area contributed by atoms with Gasteiger partial charge in [-0.3, -0.25) is 0 Å². The summed E-state index contributed by atoms with van der Waals surface area (Å²) >= 11 is 0. The van der Waals surface area contributed by atoms with Crippen LogP contribution in [0, 0.1) is 13.8 Å². The molecule has 0 saturated heterocycles. The van der Waals surface area contributed by atoms with Gasteiger partial charge in [-0.2, -0.15) is 0 Å². The zero-order valence-corrected chi connectivity index (χ0v) is 23.0. The van der Waals surface area contributed by atoms with Crippen molar-refractivity contribution >= 4 is 34.0 Å². The summed E-state index contributed by atoms with van der Waals surface area (Å²) in [6.07, 6.45) is 11.9. The molecule has 194 valence electrons. The van der Waals surface area contributed by atoms with E-state index < -0.39 is 0 Å². The fourth-order valence-corrected chi connectivity index (χ4v) is 5.72. The van der Waals surface area contributed by atoms with Crippen molar-refractivity contribution < 1.29 is 0 Å². The fourth-order valence-electron chi connectivity index (χ4n) is 5.72. The Bertz CT molecular complexity index is 1780. The van der Waals surface area contributed by atoms with Gasteiger partial charge in [-0.1, -0.05) is 98.1 Å². The molecule has 2 aromatic heterocycles. The molecule has 0 unspecified atom stereocenters. The smallest absolute Gasteiger partial charge is 0.0537 e. The summed E-state index contributed by atoms with van der Waals surface area (Å²) in [5.74, 6) is 0. The molecule has 40 heavy (non-hydrogen) atoms. The topological polar surface area (TPSA) is 9.86 Å². The number of para-hydroxylation sites is 2. The molecule has 0 amide bonds. The van der Waals surface area contributed by atoms with Gasteiger partial charge in [-0.15, -0.1) is 0 Å². The van der Waals surface area contributed by atoms with Crippen LogP contribution >= 0.6 is 0 Å². The van der Waals surface area contributed by atoms with Crippen LogP contribution in [0.25, 0.3) is 56.5 Å². The van der Waals surface area contributed by atoms with Crippen LogP contribution in [-0.4, -0.2) is 9.13 Å². The zero-order chi connectivity index (χ0) is 27.6. The highest BCUT2D eigenvalue weighted by Crippen LogP contribution is 2.33. The van der Waals surface area contributed by atoms with Crippen molar-refractivity contribution in [3.8, 4) is 22.5 Å². The van der Waals surface area contributed by atoms with Gasteiger partial charge in [0.05, 0.1) is 11.0 Å². The molecule has 0 N–H and O–H groups in total. The molecular formula is C38H32N2. The zero-order valence-electron chi connectivity index (χ0n) is 23.0. The fraction of sp³-hybridized carbons (Fsp3) is 0.0526. The van der Waals surface area contributed by atoms with Crippen LogP contribution in [-0.2, 0) is 0 Å². The third-order valence-electron chi connectivity index (χ3n) is 7.71. The summed E-state index contributed by atoms with van der Waals surface area (Å²) in [5, 5.41) is 2.53. The molecule has 2 nitrogen and oxygen atoms in total. The van der Waals surface area contributed by atoms with Crippen LogP contribution in [0.5, 0.6) is 0 Å². The monoisotopic (exact) mass is 516 g/mol. The average molecular weight is 517 g/mol. The van der Waals surface area contributed by atoms with E-state index >= 15 is 0 Å². The summed E-state index contributed by atoms with van der Waals surface area (Å²) in [6, 6.07) is 34.8. The van der Waals surface area contributed by atoms with E-state index in [2.05, 4.69) is 145 Å². The van der Waals surface area contributed by atoms with Gasteiger partial charge in [0.1, 0.15) is 0 Å². The Labute approximate surface area is 236 Å².